The summed E-state index contributed by atoms with van der Waals surface area (Å²) in [7, 11) is 1.67. The molecule has 5 nitrogen and oxygen atoms in total. The SMILES string of the molecule is CC[C@@H]1c2ccsc2CC[NH+]1Cn1nc(Nc2ccc(OC)cc2)sc1=S. The molecule has 0 fully saturated rings. The summed E-state index contributed by atoms with van der Waals surface area (Å²) < 4.78 is 7.99. The van der Waals surface area contributed by atoms with E-state index in [1.807, 2.05) is 40.3 Å². The molecule has 2 N–H and O–H groups in total. The van der Waals surface area contributed by atoms with Gasteiger partial charge in [-0.25, -0.2) is 0 Å². The Morgan fingerprint density at radius 2 is 2.15 bits per heavy atom. The molecule has 1 unspecified atom stereocenters. The van der Waals surface area contributed by atoms with Crippen LogP contribution in [-0.4, -0.2) is 23.4 Å². The first-order valence-corrected chi connectivity index (χ1v) is 11.2. The van der Waals surface area contributed by atoms with Crippen molar-refractivity contribution >= 4 is 45.7 Å². The lowest BCUT2D eigenvalue weighted by atomic mass is 9.98. The predicted octanol–water partition coefficient (Wildman–Crippen LogP) is 4.04. The van der Waals surface area contributed by atoms with Gasteiger partial charge in [0.2, 0.25) is 5.13 Å². The van der Waals surface area contributed by atoms with Crippen LogP contribution in [0, 0.1) is 3.95 Å². The molecule has 0 saturated carbocycles. The molecule has 4 rings (SSSR count). The first-order chi connectivity index (χ1) is 13.2. The molecule has 0 bridgehead atoms. The van der Waals surface area contributed by atoms with E-state index in [9.17, 15) is 0 Å². The van der Waals surface area contributed by atoms with Crippen LogP contribution in [0.5, 0.6) is 5.75 Å². The number of methoxy groups -OCH3 is 1. The van der Waals surface area contributed by atoms with Gasteiger partial charge in [0.15, 0.2) is 10.6 Å². The highest BCUT2D eigenvalue weighted by molar-refractivity contribution is 7.73. The number of hydrogen-bond donors (Lipinski definition) is 2. The molecule has 1 aliphatic rings. The van der Waals surface area contributed by atoms with Crippen LogP contribution in [0.2, 0.25) is 0 Å². The highest BCUT2D eigenvalue weighted by Crippen LogP contribution is 2.27. The van der Waals surface area contributed by atoms with E-state index in [0.717, 1.165) is 46.6 Å². The number of ether oxygens (including phenoxy) is 1. The van der Waals surface area contributed by atoms with Crippen LogP contribution in [0.1, 0.15) is 29.8 Å². The number of quaternary nitrogens is 1. The van der Waals surface area contributed by atoms with Gasteiger partial charge >= 0.3 is 0 Å². The second-order valence-electron chi connectivity index (χ2n) is 6.60. The monoisotopic (exact) mass is 419 g/mol. The first-order valence-electron chi connectivity index (χ1n) is 9.07. The van der Waals surface area contributed by atoms with Crippen molar-refractivity contribution in [2.24, 2.45) is 0 Å². The molecule has 27 heavy (non-hydrogen) atoms. The maximum Gasteiger partial charge on any atom is 0.209 e. The zero-order valence-electron chi connectivity index (χ0n) is 15.4. The lowest BCUT2D eigenvalue weighted by molar-refractivity contribution is -0.956. The van der Waals surface area contributed by atoms with Crippen molar-refractivity contribution in [1.82, 2.24) is 9.78 Å². The third-order valence-corrected chi connectivity index (χ3v) is 7.25. The second-order valence-corrected chi connectivity index (χ2v) is 9.23. The Kier molecular flexibility index (Phi) is 5.58. The van der Waals surface area contributed by atoms with Crippen LogP contribution in [-0.2, 0) is 13.1 Å². The summed E-state index contributed by atoms with van der Waals surface area (Å²) in [5.41, 5.74) is 2.49. The van der Waals surface area contributed by atoms with Crippen LogP contribution >= 0.6 is 34.9 Å². The quantitative estimate of drug-likeness (QED) is 0.592. The summed E-state index contributed by atoms with van der Waals surface area (Å²) in [5.74, 6) is 0.839. The van der Waals surface area contributed by atoms with Gasteiger partial charge < -0.3 is 15.0 Å². The Balaban J connectivity index is 1.49. The van der Waals surface area contributed by atoms with Crippen LogP contribution in [0.25, 0.3) is 0 Å². The van der Waals surface area contributed by atoms with Crippen LogP contribution in [0.15, 0.2) is 35.7 Å². The largest absolute Gasteiger partial charge is 0.497 e. The summed E-state index contributed by atoms with van der Waals surface area (Å²) in [6.07, 6.45) is 2.28. The molecule has 0 saturated heterocycles. The van der Waals surface area contributed by atoms with Gasteiger partial charge in [0, 0.05) is 29.0 Å². The summed E-state index contributed by atoms with van der Waals surface area (Å²) >= 11 is 8.99. The molecule has 0 amide bonds. The third-order valence-electron chi connectivity index (χ3n) is 5.03. The highest BCUT2D eigenvalue weighted by atomic mass is 32.1. The average Bonchev–Trinajstić information content (AvgIpc) is 3.29. The normalized spacial score (nSPS) is 18.9. The molecule has 1 aromatic carbocycles. The molecule has 8 heteroatoms. The number of nitrogens with zero attached hydrogens (tertiary/aromatic N) is 2. The Hall–Kier alpha value is -1.74. The highest BCUT2D eigenvalue weighted by Gasteiger charge is 2.31. The number of hydrogen-bond acceptors (Lipinski definition) is 6. The van der Waals surface area contributed by atoms with E-state index in [1.165, 1.54) is 16.9 Å². The maximum absolute atomic E-state index is 5.58. The Morgan fingerprint density at radius 1 is 1.33 bits per heavy atom. The van der Waals surface area contributed by atoms with Gasteiger partial charge in [-0.1, -0.05) is 18.3 Å². The zero-order valence-corrected chi connectivity index (χ0v) is 17.8. The van der Waals surface area contributed by atoms with E-state index < -0.39 is 0 Å². The van der Waals surface area contributed by atoms with E-state index in [2.05, 4.69) is 23.7 Å². The Labute approximate surface area is 172 Å². The van der Waals surface area contributed by atoms with E-state index in [1.54, 1.807) is 16.9 Å². The summed E-state index contributed by atoms with van der Waals surface area (Å²) in [5, 5.41) is 11.1. The molecule has 142 valence electrons. The minimum Gasteiger partial charge on any atom is -0.497 e. The van der Waals surface area contributed by atoms with Crippen molar-refractivity contribution in [3.63, 3.8) is 0 Å². The minimum absolute atomic E-state index is 0.529. The minimum atomic E-state index is 0.529. The molecular formula is C19H23N4OS3+. The van der Waals surface area contributed by atoms with Gasteiger partial charge in [-0.15, -0.1) is 16.4 Å². The van der Waals surface area contributed by atoms with Gasteiger partial charge in [0.25, 0.3) is 0 Å². The van der Waals surface area contributed by atoms with E-state index >= 15 is 0 Å². The maximum atomic E-state index is 5.58. The summed E-state index contributed by atoms with van der Waals surface area (Å²) in [4.78, 5) is 3.09. The lowest BCUT2D eigenvalue weighted by Crippen LogP contribution is -3.12. The molecular weight excluding hydrogens is 396 g/mol. The first kappa shape index (κ1) is 18.6. The summed E-state index contributed by atoms with van der Waals surface area (Å²) in [6.45, 7) is 4.22. The van der Waals surface area contributed by atoms with Gasteiger partial charge in [-0.05, 0) is 47.9 Å². The molecule has 2 aromatic heterocycles. The molecule has 3 heterocycles. The number of rotatable bonds is 6. The second kappa shape index (κ2) is 8.10. The smallest absolute Gasteiger partial charge is 0.209 e. The average molecular weight is 420 g/mol. The number of thiophene rings is 1. The number of anilines is 2. The summed E-state index contributed by atoms with van der Waals surface area (Å²) in [6, 6.07) is 10.6. The van der Waals surface area contributed by atoms with Gasteiger partial charge in [-0.3, -0.25) is 0 Å². The molecule has 2 atom stereocenters. The topological polar surface area (TPSA) is 43.5 Å². The van der Waals surface area contributed by atoms with Crippen LogP contribution in [0.4, 0.5) is 10.8 Å². The number of fused-ring (bicyclic) bond motifs is 1. The number of nitrogens with one attached hydrogen (secondary N) is 2. The molecule has 1 aliphatic heterocycles. The van der Waals surface area contributed by atoms with Crippen molar-refractivity contribution < 1.29 is 9.64 Å². The fourth-order valence-electron chi connectivity index (χ4n) is 3.68. The van der Waals surface area contributed by atoms with Crippen molar-refractivity contribution in [3.05, 3.63) is 50.1 Å². The van der Waals surface area contributed by atoms with E-state index in [0.29, 0.717) is 6.04 Å². The third kappa shape index (κ3) is 3.94. The van der Waals surface area contributed by atoms with Crippen molar-refractivity contribution in [2.75, 3.05) is 19.0 Å². The van der Waals surface area contributed by atoms with E-state index in [4.69, 9.17) is 22.1 Å². The fourth-order valence-corrected chi connectivity index (χ4v) is 5.65. The van der Waals surface area contributed by atoms with Crippen LogP contribution < -0.4 is 15.0 Å². The standard InChI is InChI=1S/C19H22N4OS3/c1-3-16-15-9-11-26-17(15)8-10-22(16)12-23-19(25)27-18(21-23)20-13-4-6-14(24-2)7-5-13/h4-7,9,11,16H,3,8,10,12H2,1-2H3,(H,20,21)/p+1/t16-/m1/s1. The molecule has 0 aliphatic carbocycles. The Bertz CT molecular complexity index is 960. The van der Waals surface area contributed by atoms with Crippen molar-refractivity contribution in [1.29, 1.82) is 0 Å². The van der Waals surface area contributed by atoms with Gasteiger partial charge in [0.05, 0.1) is 13.7 Å². The lowest BCUT2D eigenvalue weighted by Gasteiger charge is -2.31. The van der Waals surface area contributed by atoms with Gasteiger partial charge in [-0.2, -0.15) is 4.68 Å². The number of benzene rings is 1. The van der Waals surface area contributed by atoms with Crippen molar-refractivity contribution in [2.45, 2.75) is 32.5 Å². The van der Waals surface area contributed by atoms with Crippen LogP contribution in [0.3, 0.4) is 0 Å². The predicted molar refractivity (Wildman–Crippen MR) is 114 cm³/mol. The zero-order chi connectivity index (χ0) is 18.8. The fraction of sp³-hybridized carbons (Fsp3) is 0.368. The number of aromatic nitrogens is 2. The van der Waals surface area contributed by atoms with Crippen molar-refractivity contribution in [3.8, 4) is 5.75 Å². The van der Waals surface area contributed by atoms with E-state index in [-0.39, 0.29) is 0 Å². The van der Waals surface area contributed by atoms with Gasteiger partial charge in [0.1, 0.15) is 11.8 Å². The molecule has 0 radical (unpaired) electrons. The molecule has 0 spiro atoms. The molecule has 3 aromatic rings. The Morgan fingerprint density at radius 3 is 2.89 bits per heavy atom.